The molecule has 0 amide bonds. The van der Waals surface area contributed by atoms with Crippen LogP contribution in [0.1, 0.15) is 10.4 Å². The second-order valence-electron chi connectivity index (χ2n) is 4.32. The van der Waals surface area contributed by atoms with Crippen molar-refractivity contribution in [2.75, 3.05) is 0 Å². The number of nitrogens with zero attached hydrogens (tertiary/aromatic N) is 2. The molecule has 0 unspecified atom stereocenters. The fourth-order valence-corrected chi connectivity index (χ4v) is 2.19. The molecule has 0 saturated heterocycles. The molecule has 0 N–H and O–H groups in total. The van der Waals surface area contributed by atoms with Gasteiger partial charge in [0.1, 0.15) is 0 Å². The normalized spacial score (nSPS) is 10.4. The van der Waals surface area contributed by atoms with Gasteiger partial charge in [-0.05, 0) is 30.3 Å². The van der Waals surface area contributed by atoms with Gasteiger partial charge in [0.2, 0.25) is 0 Å². The third kappa shape index (κ3) is 2.56. The summed E-state index contributed by atoms with van der Waals surface area (Å²) in [6.07, 6.45) is 1.69. The molecule has 1 aromatic heterocycles. The van der Waals surface area contributed by atoms with Crippen LogP contribution < -0.4 is 0 Å². The summed E-state index contributed by atoms with van der Waals surface area (Å²) in [4.78, 5) is 12.3. The van der Waals surface area contributed by atoms with Crippen molar-refractivity contribution in [3.05, 3.63) is 76.9 Å². The topological polar surface area (TPSA) is 34.9 Å². The average Bonchev–Trinajstić information content (AvgIpc) is 2.98. The van der Waals surface area contributed by atoms with E-state index in [-0.39, 0.29) is 5.91 Å². The maximum atomic E-state index is 12.3. The second-order valence-corrected chi connectivity index (χ2v) is 5.24. The van der Waals surface area contributed by atoms with Gasteiger partial charge >= 0.3 is 0 Å². The summed E-state index contributed by atoms with van der Waals surface area (Å²) in [6, 6.07) is 18.9. The fourth-order valence-electron chi connectivity index (χ4n) is 1.92. The molecule has 0 aliphatic rings. The van der Waals surface area contributed by atoms with Gasteiger partial charge in [-0.3, -0.25) is 4.79 Å². The molecule has 3 rings (SSSR count). The van der Waals surface area contributed by atoms with Crippen molar-refractivity contribution in [3.8, 4) is 11.3 Å². The highest BCUT2D eigenvalue weighted by atomic mass is 79.9. The number of aromatic nitrogens is 2. The third-order valence-electron chi connectivity index (χ3n) is 2.96. The van der Waals surface area contributed by atoms with Gasteiger partial charge in [-0.2, -0.15) is 5.10 Å². The van der Waals surface area contributed by atoms with Crippen LogP contribution in [0.4, 0.5) is 0 Å². The Morgan fingerprint density at radius 2 is 1.65 bits per heavy atom. The molecular formula is C16H11BrN2O. The molecule has 0 saturated carbocycles. The van der Waals surface area contributed by atoms with Crippen molar-refractivity contribution >= 4 is 21.8 Å². The number of hydrogen-bond donors (Lipinski definition) is 0. The molecule has 98 valence electrons. The molecule has 0 radical (unpaired) electrons. The smallest absolute Gasteiger partial charge is 0.267 e. The number of rotatable bonds is 2. The van der Waals surface area contributed by atoms with Crippen LogP contribution in [0, 0.1) is 0 Å². The van der Waals surface area contributed by atoms with E-state index in [2.05, 4.69) is 21.0 Å². The van der Waals surface area contributed by atoms with Gasteiger partial charge < -0.3 is 0 Å². The Labute approximate surface area is 125 Å². The van der Waals surface area contributed by atoms with Gasteiger partial charge in [-0.25, -0.2) is 4.68 Å². The van der Waals surface area contributed by atoms with Crippen LogP contribution in [0.2, 0.25) is 0 Å². The van der Waals surface area contributed by atoms with Crippen LogP contribution >= 0.6 is 15.9 Å². The zero-order valence-corrected chi connectivity index (χ0v) is 12.1. The Bertz CT molecular complexity index is 733. The number of halogens is 1. The maximum Gasteiger partial charge on any atom is 0.278 e. The summed E-state index contributed by atoms with van der Waals surface area (Å²) in [5.74, 6) is -0.139. The van der Waals surface area contributed by atoms with E-state index in [1.54, 1.807) is 18.3 Å². The van der Waals surface area contributed by atoms with Gasteiger partial charge in [0, 0.05) is 21.8 Å². The molecule has 0 aliphatic carbocycles. The van der Waals surface area contributed by atoms with Gasteiger partial charge in [-0.1, -0.05) is 46.3 Å². The summed E-state index contributed by atoms with van der Waals surface area (Å²) < 4.78 is 2.31. The first-order valence-electron chi connectivity index (χ1n) is 6.15. The minimum Gasteiger partial charge on any atom is -0.267 e. The lowest BCUT2D eigenvalue weighted by molar-refractivity contribution is 0.0945. The quantitative estimate of drug-likeness (QED) is 0.713. The fraction of sp³-hybridized carbons (Fsp3) is 0. The SMILES string of the molecule is O=C(c1ccc(Br)cc1)n1ccc(-c2ccccc2)n1. The monoisotopic (exact) mass is 326 g/mol. The van der Waals surface area contributed by atoms with Crippen molar-refractivity contribution in [1.29, 1.82) is 0 Å². The Kier molecular flexibility index (Phi) is 3.48. The summed E-state index contributed by atoms with van der Waals surface area (Å²) in [5.41, 5.74) is 2.39. The maximum absolute atomic E-state index is 12.3. The molecule has 0 fully saturated rings. The Morgan fingerprint density at radius 3 is 2.35 bits per heavy atom. The molecule has 3 aromatic rings. The number of carbonyl (C=O) groups is 1. The largest absolute Gasteiger partial charge is 0.278 e. The van der Waals surface area contributed by atoms with E-state index in [4.69, 9.17) is 0 Å². The Balaban J connectivity index is 1.90. The molecule has 0 spiro atoms. The van der Waals surface area contributed by atoms with Crippen LogP contribution in [0.25, 0.3) is 11.3 Å². The third-order valence-corrected chi connectivity index (χ3v) is 3.49. The number of hydrogen-bond acceptors (Lipinski definition) is 2. The highest BCUT2D eigenvalue weighted by Gasteiger charge is 2.10. The molecule has 2 aromatic carbocycles. The van der Waals surface area contributed by atoms with Crippen molar-refractivity contribution < 1.29 is 4.79 Å². The van der Waals surface area contributed by atoms with E-state index in [0.717, 1.165) is 15.7 Å². The van der Waals surface area contributed by atoms with Crippen LogP contribution in [-0.4, -0.2) is 15.7 Å². The first kappa shape index (κ1) is 12.8. The molecule has 0 aliphatic heterocycles. The highest BCUT2D eigenvalue weighted by molar-refractivity contribution is 9.10. The molecule has 4 heteroatoms. The minimum absolute atomic E-state index is 0.139. The zero-order valence-electron chi connectivity index (χ0n) is 10.5. The number of carbonyl (C=O) groups excluding carboxylic acids is 1. The molecule has 20 heavy (non-hydrogen) atoms. The summed E-state index contributed by atoms with van der Waals surface area (Å²) >= 11 is 3.35. The number of benzene rings is 2. The van der Waals surface area contributed by atoms with E-state index in [1.807, 2.05) is 48.5 Å². The molecule has 0 atom stereocenters. The van der Waals surface area contributed by atoms with E-state index in [9.17, 15) is 4.79 Å². The van der Waals surface area contributed by atoms with Crippen molar-refractivity contribution in [3.63, 3.8) is 0 Å². The Hall–Kier alpha value is -2.20. The van der Waals surface area contributed by atoms with Gasteiger partial charge in [0.05, 0.1) is 5.69 Å². The van der Waals surface area contributed by atoms with E-state index in [0.29, 0.717) is 5.56 Å². The van der Waals surface area contributed by atoms with Crippen LogP contribution in [0.15, 0.2) is 71.3 Å². The van der Waals surface area contributed by atoms with E-state index >= 15 is 0 Å². The summed E-state index contributed by atoms with van der Waals surface area (Å²) in [7, 11) is 0. The second kappa shape index (κ2) is 5.43. The lowest BCUT2D eigenvalue weighted by Crippen LogP contribution is -2.12. The Morgan fingerprint density at radius 1 is 0.950 bits per heavy atom. The van der Waals surface area contributed by atoms with Crippen LogP contribution in [0.5, 0.6) is 0 Å². The first-order valence-corrected chi connectivity index (χ1v) is 6.95. The van der Waals surface area contributed by atoms with Gasteiger partial charge in [0.15, 0.2) is 0 Å². The molecule has 3 nitrogen and oxygen atoms in total. The highest BCUT2D eigenvalue weighted by Crippen LogP contribution is 2.17. The molecular weight excluding hydrogens is 316 g/mol. The zero-order chi connectivity index (χ0) is 13.9. The van der Waals surface area contributed by atoms with Crippen molar-refractivity contribution in [2.45, 2.75) is 0 Å². The average molecular weight is 327 g/mol. The predicted molar refractivity (Wildman–Crippen MR) is 81.5 cm³/mol. The van der Waals surface area contributed by atoms with Crippen molar-refractivity contribution in [2.24, 2.45) is 0 Å². The molecule has 1 heterocycles. The van der Waals surface area contributed by atoms with E-state index < -0.39 is 0 Å². The summed E-state index contributed by atoms with van der Waals surface area (Å²) in [5, 5.41) is 4.33. The first-order chi connectivity index (χ1) is 9.74. The van der Waals surface area contributed by atoms with Crippen molar-refractivity contribution in [1.82, 2.24) is 9.78 Å². The van der Waals surface area contributed by atoms with Gasteiger partial charge in [0.25, 0.3) is 5.91 Å². The standard InChI is InChI=1S/C16H11BrN2O/c17-14-8-6-13(7-9-14)16(20)19-11-10-15(18-19)12-4-2-1-3-5-12/h1-11H. The molecule has 0 bridgehead atoms. The van der Waals surface area contributed by atoms with Gasteiger partial charge in [-0.15, -0.1) is 0 Å². The van der Waals surface area contributed by atoms with Crippen LogP contribution in [-0.2, 0) is 0 Å². The lowest BCUT2D eigenvalue weighted by atomic mass is 10.2. The summed E-state index contributed by atoms with van der Waals surface area (Å²) in [6.45, 7) is 0. The van der Waals surface area contributed by atoms with Crippen LogP contribution in [0.3, 0.4) is 0 Å². The lowest BCUT2D eigenvalue weighted by Gasteiger charge is -2.01. The predicted octanol–water partition coefficient (Wildman–Crippen LogP) is 4.00. The minimum atomic E-state index is -0.139. The van der Waals surface area contributed by atoms with E-state index in [1.165, 1.54) is 4.68 Å².